The standard InChI is InChI=1S/C27H37FN4O6S/c1-17(2)29-27(35)31(5)15-25-18(3)14-32(19(4)16-33)26(34)13-20-12-22(8-11-24(20)38-25)30-39(36,37)23-9-6-21(28)7-10-23/h6-12,17-19,25,30,33H,13-16H2,1-5H3,(H,29,35)/t18-,19-,25+/m1/s1. The molecule has 1 aliphatic rings. The fourth-order valence-corrected chi connectivity index (χ4v) is 5.30. The van der Waals surface area contributed by atoms with E-state index < -0.39 is 28.0 Å². The van der Waals surface area contributed by atoms with Crippen LogP contribution in [-0.2, 0) is 21.2 Å². The lowest BCUT2D eigenvalue weighted by atomic mass is 10.0. The highest BCUT2D eigenvalue weighted by Crippen LogP contribution is 2.30. The Labute approximate surface area is 229 Å². The van der Waals surface area contributed by atoms with Crippen LogP contribution in [0.25, 0.3) is 0 Å². The molecule has 2 aromatic carbocycles. The van der Waals surface area contributed by atoms with Gasteiger partial charge in [-0.25, -0.2) is 17.6 Å². The lowest BCUT2D eigenvalue weighted by Gasteiger charge is -2.34. The Hall–Kier alpha value is -3.38. The second-order valence-corrected chi connectivity index (χ2v) is 11.9. The SMILES string of the molecule is CC(C)NC(=O)N(C)C[C@@H]1Oc2ccc(NS(=O)(=O)c3ccc(F)cc3)cc2CC(=O)N([C@H](C)CO)C[C@H]1C. The topological polar surface area (TPSA) is 128 Å². The number of nitrogens with one attached hydrogen (secondary N) is 2. The molecule has 10 nitrogen and oxygen atoms in total. The number of carbonyl (C=O) groups is 2. The Morgan fingerprint density at radius 2 is 1.87 bits per heavy atom. The van der Waals surface area contributed by atoms with Crippen molar-refractivity contribution in [3.63, 3.8) is 0 Å². The molecule has 1 heterocycles. The number of aliphatic hydroxyl groups is 1. The molecule has 39 heavy (non-hydrogen) atoms. The van der Waals surface area contributed by atoms with Gasteiger partial charge in [0.15, 0.2) is 0 Å². The van der Waals surface area contributed by atoms with Gasteiger partial charge in [-0.15, -0.1) is 0 Å². The number of urea groups is 1. The van der Waals surface area contributed by atoms with Crippen molar-refractivity contribution >= 4 is 27.6 Å². The maximum Gasteiger partial charge on any atom is 0.317 e. The van der Waals surface area contributed by atoms with Crippen molar-refractivity contribution in [2.24, 2.45) is 5.92 Å². The van der Waals surface area contributed by atoms with Crippen LogP contribution in [0.15, 0.2) is 47.4 Å². The molecule has 1 aliphatic heterocycles. The molecule has 0 radical (unpaired) electrons. The van der Waals surface area contributed by atoms with E-state index in [0.717, 1.165) is 24.3 Å². The summed E-state index contributed by atoms with van der Waals surface area (Å²) in [5.41, 5.74) is 0.649. The van der Waals surface area contributed by atoms with Gasteiger partial charge in [-0.1, -0.05) is 6.92 Å². The van der Waals surface area contributed by atoms with Gasteiger partial charge < -0.3 is 25.0 Å². The van der Waals surface area contributed by atoms with E-state index in [1.54, 1.807) is 24.9 Å². The third kappa shape index (κ3) is 7.82. The van der Waals surface area contributed by atoms with Gasteiger partial charge in [0.05, 0.1) is 30.5 Å². The van der Waals surface area contributed by atoms with Crippen LogP contribution in [0.2, 0.25) is 0 Å². The maximum atomic E-state index is 13.3. The number of likely N-dealkylation sites (N-methyl/N-ethyl adjacent to an activating group) is 1. The van der Waals surface area contributed by atoms with Gasteiger partial charge in [-0.2, -0.15) is 0 Å². The molecule has 0 fully saturated rings. The molecule has 0 aliphatic carbocycles. The van der Waals surface area contributed by atoms with Crippen molar-refractivity contribution in [3.8, 4) is 5.75 Å². The summed E-state index contributed by atoms with van der Waals surface area (Å²) >= 11 is 0. The zero-order valence-corrected chi connectivity index (χ0v) is 23.7. The first kappa shape index (κ1) is 30.2. The highest BCUT2D eigenvalue weighted by atomic mass is 32.2. The number of hydrogen-bond acceptors (Lipinski definition) is 6. The number of carbonyl (C=O) groups excluding carboxylic acids is 2. The lowest BCUT2D eigenvalue weighted by Crippen LogP contribution is -2.49. The summed E-state index contributed by atoms with van der Waals surface area (Å²) in [5.74, 6) is -0.626. The first-order valence-electron chi connectivity index (χ1n) is 12.8. The average molecular weight is 565 g/mol. The van der Waals surface area contributed by atoms with Crippen LogP contribution in [0, 0.1) is 11.7 Å². The van der Waals surface area contributed by atoms with Crippen molar-refractivity contribution in [2.75, 3.05) is 31.5 Å². The molecule has 3 rings (SSSR count). The molecule has 0 spiro atoms. The summed E-state index contributed by atoms with van der Waals surface area (Å²) in [6.07, 6.45) is -0.595. The quantitative estimate of drug-likeness (QED) is 0.453. The molecule has 3 N–H and O–H groups in total. The molecule has 0 bridgehead atoms. The Morgan fingerprint density at radius 3 is 2.49 bits per heavy atom. The number of fused-ring (bicyclic) bond motifs is 1. The number of amides is 3. The van der Waals surface area contributed by atoms with Gasteiger partial charge in [-0.05, 0) is 63.2 Å². The van der Waals surface area contributed by atoms with Crippen molar-refractivity contribution < 1.29 is 32.2 Å². The second-order valence-electron chi connectivity index (χ2n) is 10.3. The first-order chi connectivity index (χ1) is 18.3. The minimum atomic E-state index is -4.01. The molecule has 3 atom stereocenters. The minimum absolute atomic E-state index is 0.0461. The van der Waals surface area contributed by atoms with Gasteiger partial charge >= 0.3 is 6.03 Å². The molecule has 0 unspecified atom stereocenters. The number of aliphatic hydroxyl groups excluding tert-OH is 1. The number of anilines is 1. The highest BCUT2D eigenvalue weighted by Gasteiger charge is 2.32. The molecule has 12 heteroatoms. The van der Waals surface area contributed by atoms with E-state index in [1.165, 1.54) is 17.0 Å². The van der Waals surface area contributed by atoms with Crippen molar-refractivity contribution in [3.05, 3.63) is 53.8 Å². The van der Waals surface area contributed by atoms with Gasteiger partial charge in [0.25, 0.3) is 10.0 Å². The number of sulfonamides is 1. The fraction of sp³-hybridized carbons (Fsp3) is 0.481. The van der Waals surface area contributed by atoms with Gasteiger partial charge in [0, 0.05) is 36.8 Å². The number of halogens is 1. The van der Waals surface area contributed by atoms with Crippen LogP contribution < -0.4 is 14.8 Å². The molecule has 2 aromatic rings. The lowest BCUT2D eigenvalue weighted by molar-refractivity contribution is -0.134. The molecule has 0 saturated heterocycles. The summed E-state index contributed by atoms with van der Waals surface area (Å²) in [4.78, 5) is 28.9. The Kier molecular flexibility index (Phi) is 9.78. The summed E-state index contributed by atoms with van der Waals surface area (Å²) in [6, 6.07) is 8.31. The summed E-state index contributed by atoms with van der Waals surface area (Å²) in [7, 11) is -2.35. The normalized spacial score (nSPS) is 18.8. The molecule has 3 amide bonds. The molecule has 0 aromatic heterocycles. The monoisotopic (exact) mass is 564 g/mol. The number of nitrogens with zero attached hydrogens (tertiary/aromatic N) is 2. The summed E-state index contributed by atoms with van der Waals surface area (Å²) < 4.78 is 47.8. The Bertz CT molecular complexity index is 1270. The molecular formula is C27H37FN4O6S. The van der Waals surface area contributed by atoms with Crippen LogP contribution in [-0.4, -0.2) is 80.2 Å². The third-order valence-corrected chi connectivity index (χ3v) is 7.90. The van der Waals surface area contributed by atoms with E-state index in [4.69, 9.17) is 4.74 Å². The number of ether oxygens (including phenoxy) is 1. The molecular weight excluding hydrogens is 527 g/mol. The van der Waals surface area contributed by atoms with E-state index in [0.29, 0.717) is 17.9 Å². The Morgan fingerprint density at radius 1 is 1.21 bits per heavy atom. The van der Waals surface area contributed by atoms with E-state index in [-0.39, 0.29) is 54.1 Å². The second kappa shape index (κ2) is 12.6. The average Bonchev–Trinajstić information content (AvgIpc) is 2.91. The van der Waals surface area contributed by atoms with E-state index >= 15 is 0 Å². The van der Waals surface area contributed by atoms with Crippen LogP contribution in [0.3, 0.4) is 0 Å². The maximum absolute atomic E-state index is 13.3. The summed E-state index contributed by atoms with van der Waals surface area (Å²) in [5, 5.41) is 12.6. The van der Waals surface area contributed by atoms with Crippen LogP contribution in [0.1, 0.15) is 33.3 Å². The van der Waals surface area contributed by atoms with Gasteiger partial charge in [0.2, 0.25) is 5.91 Å². The smallest absolute Gasteiger partial charge is 0.317 e. The number of rotatable bonds is 8. The van der Waals surface area contributed by atoms with E-state index in [1.807, 2.05) is 20.8 Å². The van der Waals surface area contributed by atoms with Gasteiger partial charge in [0.1, 0.15) is 17.7 Å². The zero-order valence-electron chi connectivity index (χ0n) is 22.8. The summed E-state index contributed by atoms with van der Waals surface area (Å²) in [6.45, 7) is 7.68. The van der Waals surface area contributed by atoms with Crippen LogP contribution >= 0.6 is 0 Å². The Balaban J connectivity index is 1.95. The van der Waals surface area contributed by atoms with Crippen molar-refractivity contribution in [1.82, 2.24) is 15.1 Å². The predicted molar refractivity (Wildman–Crippen MR) is 145 cm³/mol. The first-order valence-corrected chi connectivity index (χ1v) is 14.3. The van der Waals surface area contributed by atoms with Crippen LogP contribution in [0.5, 0.6) is 5.75 Å². The van der Waals surface area contributed by atoms with Gasteiger partial charge in [-0.3, -0.25) is 9.52 Å². The largest absolute Gasteiger partial charge is 0.488 e. The zero-order chi connectivity index (χ0) is 28.9. The number of benzene rings is 2. The fourth-order valence-electron chi connectivity index (χ4n) is 4.25. The third-order valence-electron chi connectivity index (χ3n) is 6.51. The van der Waals surface area contributed by atoms with Crippen molar-refractivity contribution in [2.45, 2.75) is 57.2 Å². The number of hydrogen-bond donors (Lipinski definition) is 3. The predicted octanol–water partition coefficient (Wildman–Crippen LogP) is 2.83. The molecule has 0 saturated carbocycles. The van der Waals surface area contributed by atoms with E-state index in [2.05, 4.69) is 10.0 Å². The molecule has 214 valence electrons. The highest BCUT2D eigenvalue weighted by molar-refractivity contribution is 7.92. The van der Waals surface area contributed by atoms with E-state index in [9.17, 15) is 27.5 Å². The van der Waals surface area contributed by atoms with Crippen LogP contribution in [0.4, 0.5) is 14.9 Å². The van der Waals surface area contributed by atoms with Crippen molar-refractivity contribution in [1.29, 1.82) is 0 Å². The minimum Gasteiger partial charge on any atom is -0.488 e.